The Labute approximate surface area is 111 Å². The molecule has 4 saturated carbocycles. The van der Waals surface area contributed by atoms with E-state index in [4.69, 9.17) is 10.6 Å². The van der Waals surface area contributed by atoms with Crippen LogP contribution in [0.4, 0.5) is 0 Å². The van der Waals surface area contributed by atoms with Crippen LogP contribution in [0.1, 0.15) is 51.4 Å². The summed E-state index contributed by atoms with van der Waals surface area (Å²) in [6.45, 7) is 0.866. The Kier molecular flexibility index (Phi) is 3.65. The number of ether oxygens (including phenoxy) is 1. The fraction of sp³-hybridized carbons (Fsp3) is 1.00. The van der Waals surface area contributed by atoms with Crippen LogP contribution in [0.25, 0.3) is 0 Å². The number of nitrogens with one attached hydrogen (secondary N) is 1. The molecule has 0 amide bonds. The molecule has 3 heteroatoms. The topological polar surface area (TPSA) is 47.3 Å². The van der Waals surface area contributed by atoms with Gasteiger partial charge in [0.2, 0.25) is 0 Å². The standard InChI is InChI=1S/C15H28N2O/c1-18-4-2-3-14(17-16)15-8-11-5-12(9-15)7-13(6-11)10-15/h11-14,17H,2-10,16H2,1H3. The zero-order valence-electron chi connectivity index (χ0n) is 11.7. The van der Waals surface area contributed by atoms with Crippen molar-refractivity contribution in [2.24, 2.45) is 29.0 Å². The van der Waals surface area contributed by atoms with Crippen molar-refractivity contribution in [3.05, 3.63) is 0 Å². The molecule has 4 fully saturated rings. The highest BCUT2D eigenvalue weighted by Gasteiger charge is 2.53. The molecule has 4 aliphatic carbocycles. The second-order valence-corrected chi connectivity index (χ2v) is 7.13. The molecule has 0 spiro atoms. The van der Waals surface area contributed by atoms with Gasteiger partial charge in [0.25, 0.3) is 0 Å². The Morgan fingerprint density at radius 3 is 2.17 bits per heavy atom. The van der Waals surface area contributed by atoms with Crippen molar-refractivity contribution in [3.63, 3.8) is 0 Å². The highest BCUT2D eigenvalue weighted by Crippen LogP contribution is 2.61. The molecular formula is C15H28N2O. The van der Waals surface area contributed by atoms with Gasteiger partial charge < -0.3 is 4.74 Å². The van der Waals surface area contributed by atoms with Gasteiger partial charge in [-0.3, -0.25) is 11.3 Å². The van der Waals surface area contributed by atoms with Gasteiger partial charge in [-0.05, 0) is 74.5 Å². The molecular weight excluding hydrogens is 224 g/mol. The van der Waals surface area contributed by atoms with E-state index in [0.717, 1.165) is 30.8 Å². The summed E-state index contributed by atoms with van der Waals surface area (Å²) in [6.07, 6.45) is 11.1. The van der Waals surface area contributed by atoms with E-state index in [-0.39, 0.29) is 0 Å². The Bertz CT molecular complexity index is 257. The summed E-state index contributed by atoms with van der Waals surface area (Å²) in [5, 5.41) is 0. The van der Waals surface area contributed by atoms with Gasteiger partial charge in [0.1, 0.15) is 0 Å². The molecule has 3 N–H and O–H groups in total. The zero-order chi connectivity index (χ0) is 12.6. The van der Waals surface area contributed by atoms with E-state index in [1.165, 1.54) is 44.9 Å². The van der Waals surface area contributed by atoms with Crippen LogP contribution in [0.2, 0.25) is 0 Å². The lowest BCUT2D eigenvalue weighted by atomic mass is 9.47. The molecule has 0 aromatic heterocycles. The van der Waals surface area contributed by atoms with Crippen LogP contribution in [0.5, 0.6) is 0 Å². The molecule has 1 unspecified atom stereocenters. The number of rotatable bonds is 6. The number of hydrazine groups is 1. The molecule has 4 aliphatic rings. The molecule has 4 rings (SSSR count). The minimum Gasteiger partial charge on any atom is -0.385 e. The lowest BCUT2D eigenvalue weighted by Gasteiger charge is -2.59. The van der Waals surface area contributed by atoms with Crippen LogP contribution < -0.4 is 11.3 Å². The number of hydrogen-bond donors (Lipinski definition) is 2. The Morgan fingerprint density at radius 2 is 1.72 bits per heavy atom. The first-order valence-electron chi connectivity index (χ1n) is 7.71. The minimum atomic E-state index is 0.515. The summed E-state index contributed by atoms with van der Waals surface area (Å²) in [4.78, 5) is 0. The molecule has 4 bridgehead atoms. The summed E-state index contributed by atoms with van der Waals surface area (Å²) in [6, 6.07) is 0.515. The monoisotopic (exact) mass is 252 g/mol. The average molecular weight is 252 g/mol. The van der Waals surface area contributed by atoms with Crippen molar-refractivity contribution >= 4 is 0 Å². The molecule has 1 atom stereocenters. The lowest BCUT2D eigenvalue weighted by molar-refractivity contribution is -0.0761. The summed E-state index contributed by atoms with van der Waals surface area (Å²) in [7, 11) is 1.79. The molecule has 18 heavy (non-hydrogen) atoms. The van der Waals surface area contributed by atoms with Crippen LogP contribution >= 0.6 is 0 Å². The van der Waals surface area contributed by atoms with E-state index in [9.17, 15) is 0 Å². The van der Waals surface area contributed by atoms with Crippen molar-refractivity contribution in [1.82, 2.24) is 5.43 Å². The van der Waals surface area contributed by atoms with Crippen LogP contribution in [0.15, 0.2) is 0 Å². The van der Waals surface area contributed by atoms with Gasteiger partial charge in [0, 0.05) is 19.8 Å². The van der Waals surface area contributed by atoms with E-state index in [1.807, 2.05) is 0 Å². The third kappa shape index (κ3) is 2.21. The predicted molar refractivity (Wildman–Crippen MR) is 72.8 cm³/mol. The third-order valence-electron chi connectivity index (χ3n) is 5.87. The first kappa shape index (κ1) is 12.9. The first-order valence-corrected chi connectivity index (χ1v) is 7.71. The zero-order valence-corrected chi connectivity index (χ0v) is 11.7. The van der Waals surface area contributed by atoms with Crippen molar-refractivity contribution in [3.8, 4) is 0 Å². The second-order valence-electron chi connectivity index (χ2n) is 7.13. The Morgan fingerprint density at radius 1 is 1.17 bits per heavy atom. The highest BCUT2D eigenvalue weighted by molar-refractivity contribution is 5.05. The smallest absolute Gasteiger partial charge is 0.0462 e. The molecule has 0 saturated heterocycles. The van der Waals surface area contributed by atoms with Gasteiger partial charge in [-0.1, -0.05) is 0 Å². The third-order valence-corrected chi connectivity index (χ3v) is 5.87. The van der Waals surface area contributed by atoms with Gasteiger partial charge in [-0.25, -0.2) is 0 Å². The van der Waals surface area contributed by atoms with E-state index in [2.05, 4.69) is 5.43 Å². The summed E-state index contributed by atoms with van der Waals surface area (Å²) in [5.74, 6) is 8.91. The second kappa shape index (κ2) is 5.10. The predicted octanol–water partition coefficient (Wildman–Crippen LogP) is 2.46. The SMILES string of the molecule is COCCCC(NN)C12CC3CC(CC(C3)C1)C2. The van der Waals surface area contributed by atoms with Gasteiger partial charge >= 0.3 is 0 Å². The molecule has 0 radical (unpaired) electrons. The molecule has 0 heterocycles. The maximum atomic E-state index is 5.89. The highest BCUT2D eigenvalue weighted by atomic mass is 16.5. The molecule has 3 nitrogen and oxygen atoms in total. The maximum Gasteiger partial charge on any atom is 0.0462 e. The van der Waals surface area contributed by atoms with Crippen molar-refractivity contribution in [2.45, 2.75) is 57.4 Å². The van der Waals surface area contributed by atoms with Crippen molar-refractivity contribution in [2.75, 3.05) is 13.7 Å². The van der Waals surface area contributed by atoms with E-state index in [1.54, 1.807) is 7.11 Å². The van der Waals surface area contributed by atoms with Gasteiger partial charge in [-0.2, -0.15) is 0 Å². The number of methoxy groups -OCH3 is 1. The quantitative estimate of drug-likeness (QED) is 0.434. The Hall–Kier alpha value is -0.120. The van der Waals surface area contributed by atoms with Crippen LogP contribution in [0.3, 0.4) is 0 Å². The fourth-order valence-electron chi connectivity index (χ4n) is 5.60. The van der Waals surface area contributed by atoms with Crippen LogP contribution in [0, 0.1) is 23.2 Å². The summed E-state index contributed by atoms with van der Waals surface area (Å²) >= 11 is 0. The Balaban J connectivity index is 1.68. The molecule has 0 aliphatic heterocycles. The van der Waals surface area contributed by atoms with E-state index < -0.39 is 0 Å². The van der Waals surface area contributed by atoms with Crippen molar-refractivity contribution < 1.29 is 4.74 Å². The number of hydrogen-bond acceptors (Lipinski definition) is 3. The molecule has 0 aromatic rings. The van der Waals surface area contributed by atoms with E-state index >= 15 is 0 Å². The molecule has 0 aromatic carbocycles. The summed E-state index contributed by atoms with van der Waals surface area (Å²) in [5.41, 5.74) is 3.69. The average Bonchev–Trinajstić information content (AvgIpc) is 2.32. The van der Waals surface area contributed by atoms with Crippen LogP contribution in [-0.4, -0.2) is 19.8 Å². The van der Waals surface area contributed by atoms with Crippen molar-refractivity contribution in [1.29, 1.82) is 0 Å². The summed E-state index contributed by atoms with van der Waals surface area (Å²) < 4.78 is 5.19. The normalized spacial score (nSPS) is 43.3. The van der Waals surface area contributed by atoms with Gasteiger partial charge in [-0.15, -0.1) is 0 Å². The van der Waals surface area contributed by atoms with E-state index in [0.29, 0.717) is 11.5 Å². The lowest BCUT2D eigenvalue weighted by Crippen LogP contribution is -2.57. The number of nitrogens with two attached hydrogens (primary N) is 1. The maximum absolute atomic E-state index is 5.89. The largest absolute Gasteiger partial charge is 0.385 e. The van der Waals surface area contributed by atoms with Crippen LogP contribution in [-0.2, 0) is 4.74 Å². The van der Waals surface area contributed by atoms with Gasteiger partial charge in [0.05, 0.1) is 0 Å². The molecule has 104 valence electrons. The first-order chi connectivity index (χ1) is 8.75. The van der Waals surface area contributed by atoms with Gasteiger partial charge in [0.15, 0.2) is 0 Å². The minimum absolute atomic E-state index is 0.515. The fourth-order valence-corrected chi connectivity index (χ4v) is 5.60.